The molecule has 27 heavy (non-hydrogen) atoms. The van der Waals surface area contributed by atoms with E-state index in [0.717, 1.165) is 49.8 Å². The van der Waals surface area contributed by atoms with Crippen LogP contribution in [0.4, 0.5) is 0 Å². The van der Waals surface area contributed by atoms with Crippen LogP contribution in [0.1, 0.15) is 36.9 Å². The summed E-state index contributed by atoms with van der Waals surface area (Å²) in [5.41, 5.74) is 2.11. The lowest BCUT2D eigenvalue weighted by Crippen LogP contribution is -2.40. The second-order valence-electron chi connectivity index (χ2n) is 7.57. The fourth-order valence-electron chi connectivity index (χ4n) is 3.96. The first-order valence-electron chi connectivity index (χ1n) is 9.51. The predicted octanol–water partition coefficient (Wildman–Crippen LogP) is 0.956. The van der Waals surface area contributed by atoms with Gasteiger partial charge in [-0.3, -0.25) is 4.79 Å². The van der Waals surface area contributed by atoms with Gasteiger partial charge in [0.1, 0.15) is 0 Å². The highest BCUT2D eigenvalue weighted by molar-refractivity contribution is 7.89. The predicted molar refractivity (Wildman–Crippen MR) is 99.8 cm³/mol. The average Bonchev–Trinajstić information content (AvgIpc) is 3.10. The zero-order valence-corrected chi connectivity index (χ0v) is 16.4. The van der Waals surface area contributed by atoms with E-state index < -0.39 is 10.0 Å². The van der Waals surface area contributed by atoms with Gasteiger partial charge in [-0.1, -0.05) is 0 Å². The molecule has 4 rings (SSSR count). The van der Waals surface area contributed by atoms with E-state index in [1.54, 1.807) is 22.4 Å². The van der Waals surface area contributed by atoms with E-state index in [1.165, 1.54) is 16.8 Å². The van der Waals surface area contributed by atoms with Gasteiger partial charge < -0.3 is 4.57 Å². The lowest BCUT2D eigenvalue weighted by Gasteiger charge is -2.30. The van der Waals surface area contributed by atoms with Crippen LogP contribution in [0.5, 0.6) is 0 Å². The van der Waals surface area contributed by atoms with Crippen LogP contribution in [0.2, 0.25) is 0 Å². The third-order valence-corrected chi connectivity index (χ3v) is 7.35. The van der Waals surface area contributed by atoms with Crippen LogP contribution in [-0.4, -0.2) is 45.1 Å². The summed E-state index contributed by atoms with van der Waals surface area (Å²) in [6, 6.07) is 1.74. The molecule has 0 aromatic carbocycles. The Kier molecular flexibility index (Phi) is 4.90. The van der Waals surface area contributed by atoms with Crippen molar-refractivity contribution in [1.82, 2.24) is 23.6 Å². The Hall–Kier alpha value is -2.00. The smallest absolute Gasteiger partial charge is 0.267 e. The lowest BCUT2D eigenvalue weighted by atomic mass is 9.96. The Morgan fingerprint density at radius 3 is 2.63 bits per heavy atom. The second-order valence-corrected chi connectivity index (χ2v) is 9.45. The van der Waals surface area contributed by atoms with Gasteiger partial charge in [0.25, 0.3) is 15.6 Å². The Balaban J connectivity index is 1.42. The van der Waals surface area contributed by atoms with Crippen molar-refractivity contribution in [3.8, 4) is 0 Å². The van der Waals surface area contributed by atoms with Crippen molar-refractivity contribution in [3.05, 3.63) is 40.2 Å². The summed E-state index contributed by atoms with van der Waals surface area (Å²) in [7, 11) is -1.79. The largest absolute Gasteiger partial charge is 0.339 e. The molecule has 146 valence electrons. The molecule has 9 heteroatoms. The Labute approximate surface area is 158 Å². The number of fused-ring (bicyclic) bond motifs is 1. The molecule has 2 aliphatic rings. The first-order chi connectivity index (χ1) is 12.9. The quantitative estimate of drug-likeness (QED) is 0.774. The van der Waals surface area contributed by atoms with Gasteiger partial charge in [0.15, 0.2) is 5.03 Å². The third-order valence-electron chi connectivity index (χ3n) is 5.56. The number of sulfonamides is 1. The molecular weight excluding hydrogens is 366 g/mol. The van der Waals surface area contributed by atoms with Crippen LogP contribution < -0.4 is 5.56 Å². The van der Waals surface area contributed by atoms with E-state index >= 15 is 0 Å². The minimum atomic E-state index is -3.54. The maximum atomic E-state index is 12.7. The fourth-order valence-corrected chi connectivity index (χ4v) is 5.40. The van der Waals surface area contributed by atoms with Gasteiger partial charge in [-0.2, -0.15) is 9.40 Å². The highest BCUT2D eigenvalue weighted by Gasteiger charge is 2.31. The number of aryl methyl sites for hydroxylation is 3. The van der Waals surface area contributed by atoms with E-state index in [4.69, 9.17) is 0 Å². The molecule has 1 fully saturated rings. The molecule has 0 N–H and O–H groups in total. The van der Waals surface area contributed by atoms with Crippen molar-refractivity contribution in [2.75, 3.05) is 13.1 Å². The molecule has 8 nitrogen and oxygen atoms in total. The van der Waals surface area contributed by atoms with Crippen molar-refractivity contribution < 1.29 is 8.42 Å². The first kappa shape index (κ1) is 18.4. The molecule has 0 spiro atoms. The number of nitrogens with zero attached hydrogens (tertiary/aromatic N) is 5. The summed E-state index contributed by atoms with van der Waals surface area (Å²) >= 11 is 0. The highest BCUT2D eigenvalue weighted by Crippen LogP contribution is 2.24. The van der Waals surface area contributed by atoms with E-state index in [0.29, 0.717) is 19.6 Å². The number of aromatic nitrogens is 4. The molecule has 0 radical (unpaired) electrons. The van der Waals surface area contributed by atoms with E-state index in [-0.39, 0.29) is 16.5 Å². The fraction of sp³-hybridized carbons (Fsp3) is 0.611. The summed E-state index contributed by atoms with van der Waals surface area (Å²) in [4.78, 5) is 16.3. The SMILES string of the molecule is Cn1cnc(S(=O)(=O)N2CCC(Cn3nc4c(cc3=O)CCCC4)CC2)c1. The van der Waals surface area contributed by atoms with Crippen LogP contribution in [0.25, 0.3) is 0 Å². The van der Waals surface area contributed by atoms with Crippen molar-refractivity contribution in [2.24, 2.45) is 13.0 Å². The standard InChI is InChI=1S/C18H25N5O3S/c1-21-12-17(19-13-21)27(25,26)22-8-6-14(7-9-22)11-23-18(24)10-15-4-2-3-5-16(15)20-23/h10,12-14H,2-9,11H2,1H3. The van der Waals surface area contributed by atoms with Crippen molar-refractivity contribution in [2.45, 2.75) is 50.1 Å². The van der Waals surface area contributed by atoms with E-state index in [2.05, 4.69) is 10.1 Å². The number of hydrogen-bond acceptors (Lipinski definition) is 5. The Morgan fingerprint density at radius 2 is 1.93 bits per heavy atom. The molecule has 0 bridgehead atoms. The van der Waals surface area contributed by atoms with Gasteiger partial charge in [-0.05, 0) is 50.0 Å². The molecule has 0 amide bonds. The molecular formula is C18H25N5O3S. The van der Waals surface area contributed by atoms with Gasteiger partial charge in [-0.25, -0.2) is 18.1 Å². The number of imidazole rings is 1. The van der Waals surface area contributed by atoms with Gasteiger partial charge >= 0.3 is 0 Å². The van der Waals surface area contributed by atoms with Gasteiger partial charge in [0, 0.05) is 38.9 Å². The molecule has 3 heterocycles. The van der Waals surface area contributed by atoms with Crippen LogP contribution in [0.3, 0.4) is 0 Å². The zero-order valence-electron chi connectivity index (χ0n) is 15.5. The number of hydrogen-bond donors (Lipinski definition) is 0. The van der Waals surface area contributed by atoms with Crippen LogP contribution in [0, 0.1) is 5.92 Å². The van der Waals surface area contributed by atoms with Crippen LogP contribution >= 0.6 is 0 Å². The molecule has 0 atom stereocenters. The van der Waals surface area contributed by atoms with Gasteiger partial charge in [0.2, 0.25) is 0 Å². The van der Waals surface area contributed by atoms with E-state index in [1.807, 2.05) is 0 Å². The summed E-state index contributed by atoms with van der Waals surface area (Å²) < 4.78 is 30.0. The average molecular weight is 391 g/mol. The molecule has 2 aromatic heterocycles. The monoisotopic (exact) mass is 391 g/mol. The van der Waals surface area contributed by atoms with Crippen molar-refractivity contribution in [3.63, 3.8) is 0 Å². The molecule has 1 aliphatic heterocycles. The molecule has 0 saturated carbocycles. The molecule has 2 aromatic rings. The minimum Gasteiger partial charge on any atom is -0.339 e. The van der Waals surface area contributed by atoms with Gasteiger partial charge in [0.05, 0.1) is 12.0 Å². The number of rotatable bonds is 4. The first-order valence-corrected chi connectivity index (χ1v) is 11.0. The van der Waals surface area contributed by atoms with Crippen LogP contribution in [0.15, 0.2) is 28.4 Å². The minimum absolute atomic E-state index is 0.0424. The van der Waals surface area contributed by atoms with Crippen molar-refractivity contribution >= 4 is 10.0 Å². The topological polar surface area (TPSA) is 90.1 Å². The Bertz CT molecular complexity index is 987. The summed E-state index contributed by atoms with van der Waals surface area (Å²) in [5.74, 6) is 0.257. The summed E-state index contributed by atoms with van der Waals surface area (Å²) in [6.45, 7) is 1.45. The Morgan fingerprint density at radius 1 is 1.19 bits per heavy atom. The van der Waals surface area contributed by atoms with Crippen LogP contribution in [-0.2, 0) is 36.5 Å². The summed E-state index contributed by atoms with van der Waals surface area (Å²) in [5, 5.41) is 4.68. The zero-order chi connectivity index (χ0) is 19.0. The molecule has 1 aliphatic carbocycles. The van der Waals surface area contributed by atoms with Gasteiger partial charge in [-0.15, -0.1) is 0 Å². The second kappa shape index (κ2) is 7.20. The summed E-state index contributed by atoms with van der Waals surface area (Å²) in [6.07, 6.45) is 8.60. The third kappa shape index (κ3) is 3.70. The number of piperidine rings is 1. The van der Waals surface area contributed by atoms with Crippen molar-refractivity contribution in [1.29, 1.82) is 0 Å². The lowest BCUT2D eigenvalue weighted by molar-refractivity contribution is 0.243. The highest BCUT2D eigenvalue weighted by atomic mass is 32.2. The maximum absolute atomic E-state index is 12.7. The maximum Gasteiger partial charge on any atom is 0.267 e. The molecule has 1 saturated heterocycles. The normalized spacial score (nSPS) is 19.1. The van der Waals surface area contributed by atoms with E-state index in [9.17, 15) is 13.2 Å². The molecule has 0 unspecified atom stereocenters.